The molecule has 0 bridgehead atoms. The second-order valence-corrected chi connectivity index (χ2v) is 8.82. The molecule has 0 aliphatic carbocycles. The van der Waals surface area contributed by atoms with Crippen LogP contribution in [0.25, 0.3) is 0 Å². The second-order valence-electron chi connectivity index (χ2n) is 6.59. The molecule has 0 saturated carbocycles. The third-order valence-electron chi connectivity index (χ3n) is 4.91. The highest BCUT2D eigenvalue weighted by molar-refractivity contribution is 7.92. The van der Waals surface area contributed by atoms with E-state index >= 15 is 0 Å². The lowest BCUT2D eigenvalue weighted by Crippen LogP contribution is -2.42. The molecule has 8 heteroatoms. The van der Waals surface area contributed by atoms with Crippen LogP contribution in [0.1, 0.15) is 23.2 Å². The molecule has 0 N–H and O–H groups in total. The lowest BCUT2D eigenvalue weighted by molar-refractivity contribution is 0.0725. The van der Waals surface area contributed by atoms with Gasteiger partial charge in [-0.2, -0.15) is 0 Å². The second kappa shape index (κ2) is 8.18. The van der Waals surface area contributed by atoms with Crippen LogP contribution in [0.4, 0.5) is 4.39 Å². The first-order valence-electron chi connectivity index (χ1n) is 8.87. The molecular formula is C20H22FNO5S. The van der Waals surface area contributed by atoms with E-state index in [0.29, 0.717) is 43.0 Å². The minimum Gasteiger partial charge on any atom is -0.497 e. The van der Waals surface area contributed by atoms with Crippen LogP contribution >= 0.6 is 0 Å². The molecule has 0 aromatic heterocycles. The third kappa shape index (κ3) is 4.11. The van der Waals surface area contributed by atoms with Crippen LogP contribution in [0.15, 0.2) is 47.4 Å². The molecule has 3 rings (SSSR count). The summed E-state index contributed by atoms with van der Waals surface area (Å²) in [6.07, 6.45) is 0.652. The largest absolute Gasteiger partial charge is 0.497 e. The van der Waals surface area contributed by atoms with Crippen LogP contribution in [0, 0.1) is 5.82 Å². The Morgan fingerprint density at radius 3 is 2.04 bits per heavy atom. The monoisotopic (exact) mass is 407 g/mol. The van der Waals surface area contributed by atoms with Gasteiger partial charge in [0, 0.05) is 24.7 Å². The number of halogens is 1. The number of benzene rings is 2. The maximum Gasteiger partial charge on any atom is 0.254 e. The van der Waals surface area contributed by atoms with Gasteiger partial charge in [0.25, 0.3) is 5.91 Å². The topological polar surface area (TPSA) is 72.9 Å². The fourth-order valence-corrected chi connectivity index (χ4v) is 5.03. The SMILES string of the molecule is COc1cc(OC)cc(C(=O)N2CCC(S(=O)(=O)c3ccc(F)cc3)CC2)c1. The van der Waals surface area contributed by atoms with Crippen molar-refractivity contribution in [1.82, 2.24) is 4.90 Å². The first-order valence-corrected chi connectivity index (χ1v) is 10.4. The number of likely N-dealkylation sites (tertiary alicyclic amines) is 1. The molecule has 2 aromatic carbocycles. The van der Waals surface area contributed by atoms with E-state index in [9.17, 15) is 17.6 Å². The molecular weight excluding hydrogens is 385 g/mol. The summed E-state index contributed by atoms with van der Waals surface area (Å²) < 4.78 is 49.0. The Balaban J connectivity index is 1.71. The van der Waals surface area contributed by atoms with Crippen molar-refractivity contribution in [1.29, 1.82) is 0 Å². The molecule has 1 saturated heterocycles. The van der Waals surface area contributed by atoms with Crippen molar-refractivity contribution in [2.75, 3.05) is 27.3 Å². The number of nitrogens with zero attached hydrogens (tertiary/aromatic N) is 1. The average Bonchev–Trinajstić information content (AvgIpc) is 2.73. The molecule has 0 spiro atoms. The van der Waals surface area contributed by atoms with Crippen molar-refractivity contribution in [3.05, 3.63) is 53.8 Å². The van der Waals surface area contributed by atoms with E-state index in [0.717, 1.165) is 12.1 Å². The van der Waals surface area contributed by atoms with Crippen LogP contribution in [0.5, 0.6) is 11.5 Å². The molecule has 1 aliphatic rings. The predicted octanol–water partition coefficient (Wildman–Crippen LogP) is 2.92. The summed E-state index contributed by atoms with van der Waals surface area (Å²) in [4.78, 5) is 14.6. The number of hydrogen-bond acceptors (Lipinski definition) is 5. The van der Waals surface area contributed by atoms with E-state index in [1.807, 2.05) is 0 Å². The average molecular weight is 407 g/mol. The van der Waals surface area contributed by atoms with Gasteiger partial charge in [-0.3, -0.25) is 4.79 Å². The smallest absolute Gasteiger partial charge is 0.254 e. The first-order chi connectivity index (χ1) is 13.3. The molecule has 28 heavy (non-hydrogen) atoms. The number of sulfone groups is 1. The van der Waals surface area contributed by atoms with Gasteiger partial charge in [0.2, 0.25) is 0 Å². The number of ether oxygens (including phenoxy) is 2. The van der Waals surface area contributed by atoms with E-state index < -0.39 is 20.9 Å². The molecule has 0 atom stereocenters. The third-order valence-corrected chi connectivity index (χ3v) is 7.19. The number of amides is 1. The molecule has 2 aromatic rings. The quantitative estimate of drug-likeness (QED) is 0.713. The van der Waals surface area contributed by atoms with Crippen LogP contribution in [-0.2, 0) is 9.84 Å². The zero-order chi connectivity index (χ0) is 20.3. The normalized spacial score (nSPS) is 15.3. The molecule has 1 amide bonds. The molecule has 0 unspecified atom stereocenters. The fourth-order valence-electron chi connectivity index (χ4n) is 3.30. The maximum atomic E-state index is 13.1. The van der Waals surface area contributed by atoms with Gasteiger partial charge < -0.3 is 14.4 Å². The van der Waals surface area contributed by atoms with Crippen LogP contribution in [-0.4, -0.2) is 51.8 Å². The molecule has 150 valence electrons. The first kappa shape index (κ1) is 20.1. The molecule has 0 radical (unpaired) electrons. The number of hydrogen-bond donors (Lipinski definition) is 0. The van der Waals surface area contributed by atoms with Gasteiger partial charge in [-0.15, -0.1) is 0 Å². The molecule has 1 heterocycles. The Labute approximate surface area is 163 Å². The Bertz CT molecular complexity index is 929. The van der Waals surface area contributed by atoms with Gasteiger partial charge in [-0.25, -0.2) is 12.8 Å². The fraction of sp³-hybridized carbons (Fsp3) is 0.350. The van der Waals surface area contributed by atoms with Crippen molar-refractivity contribution < 1.29 is 27.1 Å². The summed E-state index contributed by atoms with van der Waals surface area (Å²) in [6.45, 7) is 0.646. The van der Waals surface area contributed by atoms with E-state index in [4.69, 9.17) is 9.47 Å². The summed E-state index contributed by atoms with van der Waals surface area (Å²) in [7, 11) is -0.541. The Morgan fingerprint density at radius 2 is 1.54 bits per heavy atom. The van der Waals surface area contributed by atoms with E-state index in [1.54, 1.807) is 23.1 Å². The number of piperidine rings is 1. The molecule has 1 aliphatic heterocycles. The minimum atomic E-state index is -3.56. The van der Waals surface area contributed by atoms with Crippen LogP contribution < -0.4 is 9.47 Å². The summed E-state index contributed by atoms with van der Waals surface area (Å²) in [5.74, 6) is 0.343. The van der Waals surface area contributed by atoms with E-state index in [2.05, 4.69) is 0 Å². The van der Waals surface area contributed by atoms with Gasteiger partial charge in [0.1, 0.15) is 17.3 Å². The van der Waals surface area contributed by atoms with Gasteiger partial charge in [-0.05, 0) is 49.2 Å². The highest BCUT2D eigenvalue weighted by Crippen LogP contribution is 2.27. The zero-order valence-corrected chi connectivity index (χ0v) is 16.5. The summed E-state index contributed by atoms with van der Waals surface area (Å²) in [5, 5.41) is -0.596. The lowest BCUT2D eigenvalue weighted by atomic mass is 10.1. The molecule has 1 fully saturated rings. The summed E-state index contributed by atoms with van der Waals surface area (Å²) in [6, 6.07) is 9.79. The highest BCUT2D eigenvalue weighted by Gasteiger charge is 2.33. The van der Waals surface area contributed by atoms with Crippen molar-refractivity contribution in [3.8, 4) is 11.5 Å². The van der Waals surface area contributed by atoms with Gasteiger partial charge in [0.05, 0.1) is 24.4 Å². The van der Waals surface area contributed by atoms with Gasteiger partial charge in [-0.1, -0.05) is 0 Å². The van der Waals surface area contributed by atoms with E-state index in [1.165, 1.54) is 26.4 Å². The Hall–Kier alpha value is -2.61. The number of carbonyl (C=O) groups excluding carboxylic acids is 1. The van der Waals surface area contributed by atoms with Crippen molar-refractivity contribution >= 4 is 15.7 Å². The Kier molecular flexibility index (Phi) is 5.88. The van der Waals surface area contributed by atoms with Crippen LogP contribution in [0.3, 0.4) is 0 Å². The van der Waals surface area contributed by atoms with Crippen LogP contribution in [0.2, 0.25) is 0 Å². The Morgan fingerprint density at radius 1 is 1.00 bits per heavy atom. The zero-order valence-electron chi connectivity index (χ0n) is 15.7. The van der Waals surface area contributed by atoms with E-state index in [-0.39, 0.29) is 10.8 Å². The van der Waals surface area contributed by atoms with Gasteiger partial charge in [0.15, 0.2) is 9.84 Å². The minimum absolute atomic E-state index is 0.108. The van der Waals surface area contributed by atoms with Crippen molar-refractivity contribution in [3.63, 3.8) is 0 Å². The predicted molar refractivity (Wildman–Crippen MR) is 102 cm³/mol. The van der Waals surface area contributed by atoms with Gasteiger partial charge >= 0.3 is 0 Å². The number of methoxy groups -OCH3 is 2. The number of rotatable bonds is 5. The summed E-state index contributed by atoms with van der Waals surface area (Å²) in [5.41, 5.74) is 0.427. The number of carbonyl (C=O) groups is 1. The molecule has 6 nitrogen and oxygen atoms in total. The highest BCUT2D eigenvalue weighted by atomic mass is 32.2. The standard InChI is InChI=1S/C20H22FNO5S/c1-26-16-11-14(12-17(13-16)27-2)20(23)22-9-7-19(8-10-22)28(24,25)18-5-3-15(21)4-6-18/h3-6,11-13,19H,7-10H2,1-2H3. The lowest BCUT2D eigenvalue weighted by Gasteiger charge is -2.32. The van der Waals surface area contributed by atoms with Crippen molar-refractivity contribution in [2.45, 2.75) is 23.0 Å². The summed E-state index contributed by atoms with van der Waals surface area (Å²) >= 11 is 0. The maximum absolute atomic E-state index is 13.1. The van der Waals surface area contributed by atoms with Crippen molar-refractivity contribution in [2.24, 2.45) is 0 Å².